The van der Waals surface area contributed by atoms with Crippen molar-refractivity contribution in [2.75, 3.05) is 7.05 Å². The average Bonchev–Trinajstić information content (AvgIpc) is 3.10. The Bertz CT molecular complexity index is 1490. The molecule has 0 radical (unpaired) electrons. The van der Waals surface area contributed by atoms with Gasteiger partial charge in [0, 0.05) is 24.5 Å². The lowest BCUT2D eigenvalue weighted by atomic mass is 10.3. The molecule has 0 saturated carbocycles. The first-order valence-electron chi connectivity index (χ1n) is 14.9. The van der Waals surface area contributed by atoms with Gasteiger partial charge in [0.1, 0.15) is 11.5 Å². The molecule has 2 aromatic carbocycles. The lowest BCUT2D eigenvalue weighted by molar-refractivity contribution is 0.486. The molecule has 6 rings (SSSR count). The van der Waals surface area contributed by atoms with Crippen molar-refractivity contribution in [1.82, 2.24) is 29.9 Å². The maximum atomic E-state index is 5.80. The second-order valence-corrected chi connectivity index (χ2v) is 7.82. The van der Waals surface area contributed by atoms with Crippen molar-refractivity contribution in [3.05, 3.63) is 109 Å². The molecule has 9 heteroatoms. The molecule has 0 bridgehead atoms. The van der Waals surface area contributed by atoms with Crippen LogP contribution in [0.15, 0.2) is 97.6 Å². The van der Waals surface area contributed by atoms with E-state index in [4.69, 9.17) is 9.47 Å². The molecular formula is C35H45N7O2. The van der Waals surface area contributed by atoms with E-state index in [1.165, 1.54) is 7.05 Å². The molecule has 0 saturated heterocycles. The highest BCUT2D eigenvalue weighted by atomic mass is 16.5. The zero-order valence-electron chi connectivity index (χ0n) is 27.3. The van der Waals surface area contributed by atoms with Crippen molar-refractivity contribution in [2.24, 2.45) is 5.73 Å². The number of benzene rings is 2. The summed E-state index contributed by atoms with van der Waals surface area (Å²) in [6.45, 7) is 15.8. The topological polar surface area (TPSA) is 122 Å². The number of aryl methyl sites for hydroxylation is 2. The first kappa shape index (κ1) is 37.0. The third kappa shape index (κ3) is 11.3. The molecule has 4 heterocycles. The zero-order chi connectivity index (χ0) is 32.7. The van der Waals surface area contributed by atoms with Gasteiger partial charge in [0.15, 0.2) is 33.8 Å². The second-order valence-electron chi connectivity index (χ2n) is 7.82. The summed E-state index contributed by atoms with van der Waals surface area (Å²) in [5.74, 6) is 2.88. The number of nitrogens with two attached hydrogens (primary N) is 1. The Hall–Kier alpha value is -5.02. The third-order valence-electron chi connectivity index (χ3n) is 5.00. The van der Waals surface area contributed by atoms with E-state index in [1.807, 2.05) is 116 Å². The average molecular weight is 596 g/mol. The van der Waals surface area contributed by atoms with E-state index in [1.54, 1.807) is 36.9 Å². The summed E-state index contributed by atoms with van der Waals surface area (Å²) in [5, 5.41) is 0. The molecule has 0 amide bonds. The molecule has 4 aromatic heterocycles. The Kier molecular flexibility index (Phi) is 18.2. The van der Waals surface area contributed by atoms with Crippen molar-refractivity contribution in [1.29, 1.82) is 0 Å². The summed E-state index contributed by atoms with van der Waals surface area (Å²) in [6.07, 6.45) is 6.73. The monoisotopic (exact) mass is 595 g/mol. The summed E-state index contributed by atoms with van der Waals surface area (Å²) in [4.78, 5) is 25.6. The predicted molar refractivity (Wildman–Crippen MR) is 181 cm³/mol. The Labute approximate surface area is 261 Å². The lowest BCUT2D eigenvalue weighted by Gasteiger charge is -2.07. The molecule has 0 fully saturated rings. The van der Waals surface area contributed by atoms with Crippen LogP contribution in [0, 0.1) is 13.8 Å². The van der Waals surface area contributed by atoms with Gasteiger partial charge in [0.05, 0.1) is 23.8 Å². The predicted octanol–water partition coefficient (Wildman–Crippen LogP) is 8.90. The van der Waals surface area contributed by atoms with Crippen molar-refractivity contribution < 1.29 is 9.47 Å². The highest BCUT2D eigenvalue weighted by Gasteiger charge is 2.08. The van der Waals surface area contributed by atoms with E-state index in [0.29, 0.717) is 33.8 Å². The van der Waals surface area contributed by atoms with Gasteiger partial charge in [0.25, 0.3) is 0 Å². The molecule has 6 aromatic rings. The molecule has 2 N–H and O–H groups in total. The summed E-state index contributed by atoms with van der Waals surface area (Å²) in [7, 11) is 1.50. The Morgan fingerprint density at radius 2 is 0.818 bits per heavy atom. The minimum atomic E-state index is 0.592. The largest absolute Gasteiger partial charge is 0.455 e. The molecule has 0 spiro atoms. The third-order valence-corrected chi connectivity index (χ3v) is 5.00. The first-order chi connectivity index (χ1) is 21.7. The number of rotatable bonds is 4. The van der Waals surface area contributed by atoms with Crippen molar-refractivity contribution >= 4 is 22.3 Å². The van der Waals surface area contributed by atoms with Crippen LogP contribution in [0.25, 0.3) is 22.3 Å². The number of ether oxygens (including phenoxy) is 2. The fourth-order valence-electron chi connectivity index (χ4n) is 3.37. The molecule has 0 aliphatic heterocycles. The number of para-hydroxylation sites is 2. The van der Waals surface area contributed by atoms with Crippen molar-refractivity contribution in [2.45, 2.75) is 55.4 Å². The van der Waals surface area contributed by atoms with Crippen LogP contribution in [0.3, 0.4) is 0 Å². The number of nitrogens with zero attached hydrogens (tertiary/aromatic N) is 6. The van der Waals surface area contributed by atoms with E-state index < -0.39 is 0 Å². The molecule has 0 aliphatic carbocycles. The van der Waals surface area contributed by atoms with Crippen molar-refractivity contribution in [3.63, 3.8) is 0 Å². The maximum Gasteiger partial charge on any atom is 0.182 e. The quantitative estimate of drug-likeness (QED) is 0.213. The number of fused-ring (bicyclic) bond motifs is 2. The standard InChI is InChI=1S/2C14H11N3O.3C2H6.CH5N/c2*1-10-9-16-14-13(17-10)12(7-8-15-14)18-11-5-3-2-4-6-11;4*1-2/h2*2-9H,1H3;3*1-2H3;2H2,1H3. The van der Waals surface area contributed by atoms with Crippen LogP contribution in [-0.2, 0) is 0 Å². The summed E-state index contributed by atoms with van der Waals surface area (Å²) >= 11 is 0. The Morgan fingerprint density at radius 3 is 1.16 bits per heavy atom. The number of aromatic nitrogens is 6. The number of hydrogen-bond donors (Lipinski definition) is 1. The summed E-state index contributed by atoms with van der Waals surface area (Å²) in [6, 6.07) is 22.8. The molecule has 9 nitrogen and oxygen atoms in total. The van der Waals surface area contributed by atoms with E-state index in [0.717, 1.165) is 22.9 Å². The van der Waals surface area contributed by atoms with Gasteiger partial charge in [-0.3, -0.25) is 0 Å². The first-order valence-corrected chi connectivity index (χ1v) is 14.9. The van der Waals surface area contributed by atoms with E-state index in [9.17, 15) is 0 Å². The summed E-state index contributed by atoms with van der Waals surface area (Å²) in [5.41, 5.74) is 8.73. The van der Waals surface area contributed by atoms with Gasteiger partial charge in [0.2, 0.25) is 0 Å². The van der Waals surface area contributed by atoms with Gasteiger partial charge < -0.3 is 15.2 Å². The van der Waals surface area contributed by atoms with Gasteiger partial charge in [-0.25, -0.2) is 29.9 Å². The van der Waals surface area contributed by atoms with Gasteiger partial charge >= 0.3 is 0 Å². The molecule has 0 aliphatic rings. The van der Waals surface area contributed by atoms with Crippen LogP contribution in [-0.4, -0.2) is 37.0 Å². The smallest absolute Gasteiger partial charge is 0.182 e. The SMILES string of the molecule is CC.CC.CC.CN.Cc1cnc2nccc(Oc3ccccc3)c2n1.Cc1cnc2nccc(Oc3ccccc3)c2n1. The molecule has 44 heavy (non-hydrogen) atoms. The number of pyridine rings is 2. The maximum absolute atomic E-state index is 5.80. The lowest BCUT2D eigenvalue weighted by Crippen LogP contribution is -1.93. The van der Waals surface area contributed by atoms with Gasteiger partial charge in [-0.05, 0) is 45.2 Å². The van der Waals surface area contributed by atoms with Crippen LogP contribution in [0.2, 0.25) is 0 Å². The fourth-order valence-corrected chi connectivity index (χ4v) is 3.37. The molecule has 232 valence electrons. The van der Waals surface area contributed by atoms with Crippen LogP contribution < -0.4 is 15.2 Å². The van der Waals surface area contributed by atoms with Crippen LogP contribution >= 0.6 is 0 Å². The summed E-state index contributed by atoms with van der Waals surface area (Å²) < 4.78 is 11.6. The normalized spacial score (nSPS) is 9.14. The Balaban J connectivity index is 0.000000359. The molecule has 0 atom stereocenters. The van der Waals surface area contributed by atoms with Crippen LogP contribution in [0.1, 0.15) is 52.9 Å². The van der Waals surface area contributed by atoms with Gasteiger partial charge in [-0.15, -0.1) is 0 Å². The zero-order valence-corrected chi connectivity index (χ0v) is 27.3. The minimum Gasteiger partial charge on any atom is -0.455 e. The van der Waals surface area contributed by atoms with Crippen LogP contribution in [0.5, 0.6) is 23.0 Å². The van der Waals surface area contributed by atoms with E-state index >= 15 is 0 Å². The van der Waals surface area contributed by atoms with Crippen molar-refractivity contribution in [3.8, 4) is 23.0 Å². The molecular weight excluding hydrogens is 550 g/mol. The van der Waals surface area contributed by atoms with Gasteiger partial charge in [-0.2, -0.15) is 0 Å². The van der Waals surface area contributed by atoms with Crippen LogP contribution in [0.4, 0.5) is 0 Å². The second kappa shape index (κ2) is 21.6. The Morgan fingerprint density at radius 1 is 0.477 bits per heavy atom. The minimum absolute atomic E-state index is 0.592. The highest BCUT2D eigenvalue weighted by Crippen LogP contribution is 2.27. The van der Waals surface area contributed by atoms with E-state index in [2.05, 4.69) is 35.6 Å². The number of hydrogen-bond acceptors (Lipinski definition) is 9. The van der Waals surface area contributed by atoms with Gasteiger partial charge in [-0.1, -0.05) is 77.9 Å². The molecule has 0 unspecified atom stereocenters. The fraction of sp³-hybridized carbons (Fsp3) is 0.257. The van der Waals surface area contributed by atoms with E-state index in [-0.39, 0.29) is 0 Å². The highest BCUT2D eigenvalue weighted by molar-refractivity contribution is 5.78.